The summed E-state index contributed by atoms with van der Waals surface area (Å²) in [5, 5.41) is 1.99. The molecule has 0 saturated carbocycles. The fourth-order valence-corrected chi connectivity index (χ4v) is 0.567. The van der Waals surface area contributed by atoms with E-state index in [1.54, 1.807) is 0 Å². The molecule has 0 radical (unpaired) electrons. The molecular weight excluding hydrogens is 193 g/mol. The van der Waals surface area contributed by atoms with E-state index in [0.717, 1.165) is 0 Å². The van der Waals surface area contributed by atoms with E-state index in [2.05, 4.69) is 22.9 Å². The van der Waals surface area contributed by atoms with Gasteiger partial charge in [0.2, 0.25) is 0 Å². The van der Waals surface area contributed by atoms with Crippen LogP contribution in [0.1, 0.15) is 19.8 Å². The smallest absolute Gasteiger partial charge is 0 e. The molecule has 0 aromatic heterocycles. The third kappa shape index (κ3) is 8.92. The van der Waals surface area contributed by atoms with Crippen LogP contribution in [0.2, 0.25) is 0 Å². The molecule has 0 nitrogen and oxygen atoms in total. The monoisotopic (exact) mass is 199 g/mol. The Labute approximate surface area is 60.6 Å². The van der Waals surface area contributed by atoms with Gasteiger partial charge in [0.1, 0.15) is 0 Å². The van der Waals surface area contributed by atoms with E-state index in [4.69, 9.17) is 0 Å². The summed E-state index contributed by atoms with van der Waals surface area (Å²) in [5.41, 5.74) is 0. The van der Waals surface area contributed by atoms with E-state index in [-0.39, 0.29) is 19.5 Å². The van der Waals surface area contributed by atoms with Gasteiger partial charge in [0, 0.05) is 19.5 Å². The molecule has 0 heterocycles. The SMILES string of the molecule is CCC[CH-]Br.[Zn]. The van der Waals surface area contributed by atoms with Gasteiger partial charge in [-0.05, 0) is 0 Å². The Morgan fingerprint density at radius 1 is 1.67 bits per heavy atom. The average Bonchev–Trinajstić information content (AvgIpc) is 1.41. The molecule has 0 aliphatic carbocycles. The van der Waals surface area contributed by atoms with Gasteiger partial charge in [-0.3, -0.25) is 5.33 Å². The molecule has 0 fully saturated rings. The zero-order valence-corrected chi connectivity index (χ0v) is 8.63. The Kier molecular flexibility index (Phi) is 16.0. The second-order valence-corrected chi connectivity index (χ2v) is 1.59. The molecule has 0 saturated heterocycles. The van der Waals surface area contributed by atoms with Crippen molar-refractivity contribution in [2.45, 2.75) is 19.8 Å². The summed E-state index contributed by atoms with van der Waals surface area (Å²) in [5.74, 6) is 0. The van der Waals surface area contributed by atoms with Crippen molar-refractivity contribution in [1.29, 1.82) is 0 Å². The first-order valence-electron chi connectivity index (χ1n) is 1.83. The standard InChI is InChI=1S/C4H8Br.Zn/c1-2-3-4-5;/h4H,2-3H2,1H3;/q-1;. The van der Waals surface area contributed by atoms with Crippen molar-refractivity contribution in [2.24, 2.45) is 0 Å². The molecule has 0 bridgehead atoms. The van der Waals surface area contributed by atoms with Crippen LogP contribution in [-0.4, -0.2) is 0 Å². The molecule has 0 amide bonds. The largest absolute Gasteiger partial charge is 0.320 e. The minimum absolute atomic E-state index is 0. The van der Waals surface area contributed by atoms with Crippen LogP contribution in [0.3, 0.4) is 0 Å². The van der Waals surface area contributed by atoms with Crippen LogP contribution in [0.4, 0.5) is 0 Å². The summed E-state index contributed by atoms with van der Waals surface area (Å²) in [6.45, 7) is 2.15. The van der Waals surface area contributed by atoms with E-state index in [1.165, 1.54) is 12.8 Å². The predicted octanol–water partition coefficient (Wildman–Crippen LogP) is 2.34. The van der Waals surface area contributed by atoms with E-state index >= 15 is 0 Å². The first-order valence-corrected chi connectivity index (χ1v) is 2.75. The van der Waals surface area contributed by atoms with Gasteiger partial charge in [0.05, 0.1) is 0 Å². The number of unbranched alkanes of at least 4 members (excludes halogenated alkanes) is 1. The van der Waals surface area contributed by atoms with Gasteiger partial charge in [0.25, 0.3) is 0 Å². The minimum Gasteiger partial charge on any atom is -0.320 e. The van der Waals surface area contributed by atoms with Gasteiger partial charge in [-0.15, -0.1) is 0 Å². The average molecular weight is 201 g/mol. The minimum atomic E-state index is 0. The normalized spacial score (nSPS) is 7.00. The summed E-state index contributed by atoms with van der Waals surface area (Å²) in [7, 11) is 0. The summed E-state index contributed by atoms with van der Waals surface area (Å²) in [6, 6.07) is 0. The van der Waals surface area contributed by atoms with E-state index in [0.29, 0.717) is 0 Å². The van der Waals surface area contributed by atoms with Crippen molar-refractivity contribution in [3.05, 3.63) is 5.33 Å². The van der Waals surface area contributed by atoms with E-state index < -0.39 is 0 Å². The van der Waals surface area contributed by atoms with Crippen molar-refractivity contribution in [3.8, 4) is 0 Å². The van der Waals surface area contributed by atoms with Crippen molar-refractivity contribution in [1.82, 2.24) is 0 Å². The zero-order valence-electron chi connectivity index (χ0n) is 4.08. The fourth-order valence-electron chi connectivity index (χ4n) is 0.109. The van der Waals surface area contributed by atoms with Gasteiger partial charge in [-0.25, -0.2) is 0 Å². The fraction of sp³-hybridized carbons (Fsp3) is 0.750. The van der Waals surface area contributed by atoms with Gasteiger partial charge >= 0.3 is 0 Å². The Bertz CT molecular complexity index is 15.0. The van der Waals surface area contributed by atoms with Crippen molar-refractivity contribution >= 4 is 15.9 Å². The third-order valence-electron chi connectivity index (χ3n) is 0.398. The van der Waals surface area contributed by atoms with Crippen LogP contribution in [0.15, 0.2) is 0 Å². The van der Waals surface area contributed by atoms with Crippen LogP contribution >= 0.6 is 15.9 Å². The van der Waals surface area contributed by atoms with Gasteiger partial charge < -0.3 is 15.9 Å². The molecule has 6 heavy (non-hydrogen) atoms. The maximum absolute atomic E-state index is 3.18. The molecule has 0 N–H and O–H groups in total. The predicted molar refractivity (Wildman–Crippen MR) is 28.1 cm³/mol. The number of hydrogen-bond acceptors (Lipinski definition) is 0. The first-order chi connectivity index (χ1) is 2.41. The molecule has 0 aromatic rings. The quantitative estimate of drug-likeness (QED) is 0.475. The van der Waals surface area contributed by atoms with Crippen LogP contribution in [-0.2, 0) is 19.5 Å². The van der Waals surface area contributed by atoms with Crippen LogP contribution in [0.5, 0.6) is 0 Å². The molecule has 0 aliphatic heterocycles. The number of rotatable bonds is 2. The molecule has 0 unspecified atom stereocenters. The van der Waals surface area contributed by atoms with Crippen LogP contribution < -0.4 is 0 Å². The number of hydrogen-bond donors (Lipinski definition) is 0. The maximum atomic E-state index is 3.18. The summed E-state index contributed by atoms with van der Waals surface area (Å²) < 4.78 is 0. The van der Waals surface area contributed by atoms with E-state index in [1.807, 2.05) is 5.33 Å². The van der Waals surface area contributed by atoms with Crippen LogP contribution in [0, 0.1) is 5.33 Å². The summed E-state index contributed by atoms with van der Waals surface area (Å²) in [6.07, 6.45) is 2.42. The molecule has 0 spiro atoms. The molecule has 0 aliphatic rings. The topological polar surface area (TPSA) is 0 Å². The molecular formula is C4H8BrZn-. The van der Waals surface area contributed by atoms with Crippen molar-refractivity contribution in [2.75, 3.05) is 0 Å². The first kappa shape index (κ1) is 10.2. The Morgan fingerprint density at radius 3 is 2.17 bits per heavy atom. The number of halogens is 1. The van der Waals surface area contributed by atoms with Crippen molar-refractivity contribution in [3.63, 3.8) is 0 Å². The van der Waals surface area contributed by atoms with Crippen LogP contribution in [0.25, 0.3) is 0 Å². The molecule has 34 valence electrons. The van der Waals surface area contributed by atoms with Gasteiger partial charge in [0.15, 0.2) is 0 Å². The molecule has 2 heteroatoms. The zero-order chi connectivity index (χ0) is 4.12. The summed E-state index contributed by atoms with van der Waals surface area (Å²) in [4.78, 5) is 0. The van der Waals surface area contributed by atoms with Gasteiger partial charge in [-0.1, -0.05) is 13.3 Å². The van der Waals surface area contributed by atoms with E-state index in [9.17, 15) is 0 Å². The Morgan fingerprint density at radius 2 is 2.17 bits per heavy atom. The molecule has 0 aromatic carbocycles. The van der Waals surface area contributed by atoms with Crippen molar-refractivity contribution < 1.29 is 19.5 Å². The third-order valence-corrected chi connectivity index (χ3v) is 0.856. The second kappa shape index (κ2) is 9.44. The summed E-state index contributed by atoms with van der Waals surface area (Å²) >= 11 is 3.18. The second-order valence-electron chi connectivity index (χ2n) is 0.943. The Hall–Kier alpha value is 1.10. The molecule has 0 rings (SSSR count). The Balaban J connectivity index is 0. The maximum Gasteiger partial charge on any atom is 0 e. The molecule has 0 atom stereocenters. The van der Waals surface area contributed by atoms with Gasteiger partial charge in [-0.2, -0.15) is 6.42 Å².